The van der Waals surface area contributed by atoms with Gasteiger partial charge in [0.1, 0.15) is 0 Å². The molecule has 1 rings (SSSR count). The fourth-order valence-corrected chi connectivity index (χ4v) is 2.25. The third-order valence-corrected chi connectivity index (χ3v) is 3.31. The number of urea groups is 1. The SMILES string of the molecule is Cc1ccc(NC(=O)NCC(C)(O)CC(C)C)cc1Cl. The van der Waals surface area contributed by atoms with E-state index in [1.165, 1.54) is 0 Å². The summed E-state index contributed by atoms with van der Waals surface area (Å²) in [5, 5.41) is 16.1. The number of carbonyl (C=O) groups is 1. The van der Waals surface area contributed by atoms with Crippen LogP contribution in [0.15, 0.2) is 18.2 Å². The van der Waals surface area contributed by atoms with Gasteiger partial charge in [0.25, 0.3) is 0 Å². The quantitative estimate of drug-likeness (QED) is 0.778. The van der Waals surface area contributed by atoms with E-state index in [9.17, 15) is 9.90 Å². The zero-order chi connectivity index (χ0) is 15.3. The second-order valence-electron chi connectivity index (χ2n) is 5.87. The first-order valence-corrected chi connectivity index (χ1v) is 7.11. The normalized spacial score (nSPS) is 13.9. The fourth-order valence-electron chi connectivity index (χ4n) is 2.07. The molecule has 0 saturated carbocycles. The van der Waals surface area contributed by atoms with Gasteiger partial charge in [-0.2, -0.15) is 0 Å². The molecule has 5 heteroatoms. The molecule has 2 amide bonds. The van der Waals surface area contributed by atoms with Crippen molar-refractivity contribution in [3.05, 3.63) is 28.8 Å². The zero-order valence-electron chi connectivity index (χ0n) is 12.5. The fraction of sp³-hybridized carbons (Fsp3) is 0.533. The lowest BCUT2D eigenvalue weighted by atomic mass is 9.94. The molecule has 0 aliphatic carbocycles. The monoisotopic (exact) mass is 298 g/mol. The van der Waals surface area contributed by atoms with Crippen LogP contribution in [0.25, 0.3) is 0 Å². The van der Waals surface area contributed by atoms with Crippen LogP contribution < -0.4 is 10.6 Å². The second kappa shape index (κ2) is 6.95. The highest BCUT2D eigenvalue weighted by Crippen LogP contribution is 2.20. The topological polar surface area (TPSA) is 61.4 Å². The first-order chi connectivity index (χ1) is 9.19. The van der Waals surface area contributed by atoms with Crippen LogP contribution >= 0.6 is 11.6 Å². The summed E-state index contributed by atoms with van der Waals surface area (Å²) in [5.41, 5.74) is 0.676. The van der Waals surface area contributed by atoms with Crippen molar-refractivity contribution in [3.8, 4) is 0 Å². The molecule has 0 aliphatic heterocycles. The summed E-state index contributed by atoms with van der Waals surface area (Å²) in [4.78, 5) is 11.8. The molecule has 0 aromatic heterocycles. The number of aliphatic hydroxyl groups is 1. The van der Waals surface area contributed by atoms with Crippen LogP contribution in [0, 0.1) is 12.8 Å². The number of hydrogen-bond donors (Lipinski definition) is 3. The van der Waals surface area contributed by atoms with Gasteiger partial charge in [-0.05, 0) is 43.9 Å². The minimum Gasteiger partial charge on any atom is -0.388 e. The van der Waals surface area contributed by atoms with E-state index in [0.717, 1.165) is 5.56 Å². The summed E-state index contributed by atoms with van der Waals surface area (Å²) in [6, 6.07) is 4.97. The number of hydrogen-bond acceptors (Lipinski definition) is 2. The molecule has 0 spiro atoms. The van der Waals surface area contributed by atoms with E-state index in [2.05, 4.69) is 10.6 Å². The molecule has 1 aromatic rings. The first kappa shape index (κ1) is 16.8. The van der Waals surface area contributed by atoms with Crippen LogP contribution in [0.5, 0.6) is 0 Å². The molecule has 0 fully saturated rings. The number of rotatable bonds is 5. The maximum atomic E-state index is 11.8. The third-order valence-electron chi connectivity index (χ3n) is 2.91. The highest BCUT2D eigenvalue weighted by Gasteiger charge is 2.22. The van der Waals surface area contributed by atoms with Crippen LogP contribution in [-0.4, -0.2) is 23.3 Å². The van der Waals surface area contributed by atoms with Gasteiger partial charge in [0, 0.05) is 17.3 Å². The highest BCUT2D eigenvalue weighted by atomic mass is 35.5. The van der Waals surface area contributed by atoms with Gasteiger partial charge >= 0.3 is 6.03 Å². The van der Waals surface area contributed by atoms with Crippen LogP contribution in [0.4, 0.5) is 10.5 Å². The minimum absolute atomic E-state index is 0.205. The molecule has 3 N–H and O–H groups in total. The number of carbonyl (C=O) groups excluding carboxylic acids is 1. The van der Waals surface area contributed by atoms with Crippen molar-refractivity contribution >= 4 is 23.3 Å². The zero-order valence-corrected chi connectivity index (χ0v) is 13.2. The van der Waals surface area contributed by atoms with E-state index in [1.807, 2.05) is 26.8 Å². The molecule has 20 heavy (non-hydrogen) atoms. The van der Waals surface area contributed by atoms with Gasteiger partial charge < -0.3 is 15.7 Å². The minimum atomic E-state index is -0.906. The van der Waals surface area contributed by atoms with Crippen molar-refractivity contribution in [2.75, 3.05) is 11.9 Å². The van der Waals surface area contributed by atoms with E-state index in [0.29, 0.717) is 23.0 Å². The summed E-state index contributed by atoms with van der Waals surface area (Å²) in [5.74, 6) is 0.366. The molecule has 0 radical (unpaired) electrons. The Kier molecular flexibility index (Phi) is 5.84. The molecule has 1 unspecified atom stereocenters. The molecule has 0 aliphatic rings. The summed E-state index contributed by atoms with van der Waals surface area (Å²) in [7, 11) is 0. The Morgan fingerprint density at radius 2 is 2.10 bits per heavy atom. The number of anilines is 1. The summed E-state index contributed by atoms with van der Waals surface area (Å²) >= 11 is 5.99. The molecular formula is C15H23ClN2O2. The van der Waals surface area contributed by atoms with E-state index in [-0.39, 0.29) is 12.6 Å². The van der Waals surface area contributed by atoms with Gasteiger partial charge in [0.15, 0.2) is 0 Å². The van der Waals surface area contributed by atoms with Gasteiger partial charge in [-0.3, -0.25) is 0 Å². The summed E-state index contributed by atoms with van der Waals surface area (Å²) < 4.78 is 0. The van der Waals surface area contributed by atoms with E-state index < -0.39 is 5.60 Å². The smallest absolute Gasteiger partial charge is 0.319 e. The van der Waals surface area contributed by atoms with Gasteiger partial charge in [0.2, 0.25) is 0 Å². The Labute approximate surface area is 125 Å². The maximum Gasteiger partial charge on any atom is 0.319 e. The second-order valence-corrected chi connectivity index (χ2v) is 6.27. The van der Waals surface area contributed by atoms with Crippen molar-refractivity contribution in [3.63, 3.8) is 0 Å². The number of nitrogens with one attached hydrogen (secondary N) is 2. The lowest BCUT2D eigenvalue weighted by Crippen LogP contribution is -2.43. The van der Waals surface area contributed by atoms with Crippen LogP contribution in [0.3, 0.4) is 0 Å². The van der Waals surface area contributed by atoms with Gasteiger partial charge in [-0.25, -0.2) is 4.79 Å². The number of amides is 2. The number of benzene rings is 1. The predicted octanol–water partition coefficient (Wildman–Crippen LogP) is 3.57. The average molecular weight is 299 g/mol. The van der Waals surface area contributed by atoms with Crippen molar-refractivity contribution in [1.82, 2.24) is 5.32 Å². The number of aryl methyl sites for hydroxylation is 1. The summed E-state index contributed by atoms with van der Waals surface area (Å²) in [6.07, 6.45) is 0.629. The molecule has 1 aromatic carbocycles. The van der Waals surface area contributed by atoms with Crippen molar-refractivity contribution in [2.24, 2.45) is 5.92 Å². The summed E-state index contributed by atoms with van der Waals surface area (Å²) in [6.45, 7) is 7.88. The van der Waals surface area contributed by atoms with E-state index in [4.69, 9.17) is 11.6 Å². The molecule has 4 nitrogen and oxygen atoms in total. The van der Waals surface area contributed by atoms with Crippen molar-refractivity contribution < 1.29 is 9.90 Å². The lowest BCUT2D eigenvalue weighted by molar-refractivity contribution is 0.0413. The Bertz CT molecular complexity index is 473. The maximum absolute atomic E-state index is 11.8. The van der Waals surface area contributed by atoms with Gasteiger partial charge in [-0.15, -0.1) is 0 Å². The largest absolute Gasteiger partial charge is 0.388 e. The van der Waals surface area contributed by atoms with Crippen LogP contribution in [0.1, 0.15) is 32.8 Å². The Hall–Kier alpha value is -1.26. The Morgan fingerprint density at radius 3 is 2.65 bits per heavy atom. The van der Waals surface area contributed by atoms with Gasteiger partial charge in [0.05, 0.1) is 5.60 Å². The Morgan fingerprint density at radius 1 is 1.45 bits per heavy atom. The van der Waals surface area contributed by atoms with Crippen molar-refractivity contribution in [1.29, 1.82) is 0 Å². The predicted molar refractivity (Wildman–Crippen MR) is 83.3 cm³/mol. The molecule has 0 heterocycles. The van der Waals surface area contributed by atoms with Crippen LogP contribution in [-0.2, 0) is 0 Å². The van der Waals surface area contributed by atoms with Crippen LogP contribution in [0.2, 0.25) is 5.02 Å². The lowest BCUT2D eigenvalue weighted by Gasteiger charge is -2.25. The molecule has 112 valence electrons. The molecular weight excluding hydrogens is 276 g/mol. The molecule has 0 bridgehead atoms. The standard InChI is InChI=1S/C15H23ClN2O2/c1-10(2)8-15(4,20)9-17-14(19)18-12-6-5-11(3)13(16)7-12/h5-7,10,20H,8-9H2,1-4H3,(H2,17,18,19). The number of halogens is 1. The highest BCUT2D eigenvalue weighted by molar-refractivity contribution is 6.31. The van der Waals surface area contributed by atoms with E-state index >= 15 is 0 Å². The Balaban J connectivity index is 2.49. The average Bonchev–Trinajstić information content (AvgIpc) is 2.30. The van der Waals surface area contributed by atoms with Gasteiger partial charge in [-0.1, -0.05) is 31.5 Å². The van der Waals surface area contributed by atoms with Crippen molar-refractivity contribution in [2.45, 2.75) is 39.7 Å². The first-order valence-electron chi connectivity index (χ1n) is 6.73. The van der Waals surface area contributed by atoms with E-state index in [1.54, 1.807) is 19.1 Å². The third kappa shape index (κ3) is 5.80. The molecule has 0 saturated heterocycles. The molecule has 1 atom stereocenters.